The quantitative estimate of drug-likeness (QED) is 0.382. The maximum atomic E-state index is 12.6. The Balaban J connectivity index is 1.66. The molecule has 0 aliphatic carbocycles. The molecule has 3 N–H and O–H groups in total. The van der Waals surface area contributed by atoms with Crippen molar-refractivity contribution in [1.29, 1.82) is 0 Å². The molecule has 7 nitrogen and oxygen atoms in total. The minimum Gasteiger partial charge on any atom is -0.496 e. The average Bonchev–Trinajstić information content (AvgIpc) is 3.40. The second kappa shape index (κ2) is 8.78. The minimum atomic E-state index is -0.596. The summed E-state index contributed by atoms with van der Waals surface area (Å²) < 4.78 is 11.0. The van der Waals surface area contributed by atoms with Crippen LogP contribution < -0.4 is 10.1 Å². The highest BCUT2D eigenvalue weighted by atomic mass is 16.6. The molecule has 2 aromatic carbocycles. The molecule has 4 aromatic rings. The van der Waals surface area contributed by atoms with Gasteiger partial charge in [-0.3, -0.25) is 0 Å². The fourth-order valence-electron chi connectivity index (χ4n) is 3.70. The Labute approximate surface area is 187 Å². The maximum absolute atomic E-state index is 12.6. The van der Waals surface area contributed by atoms with Crippen molar-refractivity contribution in [3.05, 3.63) is 72.3 Å². The molecule has 0 aliphatic heterocycles. The van der Waals surface area contributed by atoms with Crippen LogP contribution in [-0.2, 0) is 11.2 Å². The van der Waals surface area contributed by atoms with Crippen LogP contribution in [0.1, 0.15) is 38.2 Å². The second-order valence-electron chi connectivity index (χ2n) is 8.64. The van der Waals surface area contributed by atoms with Crippen LogP contribution in [0.25, 0.3) is 22.2 Å². The third kappa shape index (κ3) is 4.77. The van der Waals surface area contributed by atoms with Crippen LogP contribution in [0.2, 0.25) is 0 Å². The Morgan fingerprint density at radius 2 is 1.88 bits per heavy atom. The summed E-state index contributed by atoms with van der Waals surface area (Å²) in [6.07, 6.45) is 3.78. The molecule has 0 spiro atoms. The van der Waals surface area contributed by atoms with Crippen molar-refractivity contribution in [2.24, 2.45) is 0 Å². The number of carbonyl (C=O) groups excluding carboxylic acids is 1. The zero-order valence-electron chi connectivity index (χ0n) is 18.7. The number of carbonyl (C=O) groups is 1. The van der Waals surface area contributed by atoms with Gasteiger partial charge in [0, 0.05) is 29.1 Å². The standard InChI is InChI=1S/C25H28N4O3/c1-25(2,3)32-24(30)29-20(13-16-14-26-19-11-7-5-9-17(16)19)23-27-15-21(28-23)18-10-6-8-12-22(18)31-4/h5-12,14-15,20,26H,13H2,1-4H3,(H,27,28)(H,29,30). The molecule has 2 heterocycles. The zero-order valence-corrected chi connectivity index (χ0v) is 18.7. The summed E-state index contributed by atoms with van der Waals surface area (Å²) in [6.45, 7) is 5.52. The highest BCUT2D eigenvalue weighted by Crippen LogP contribution is 2.30. The molecule has 0 saturated heterocycles. The van der Waals surface area contributed by atoms with Crippen molar-refractivity contribution < 1.29 is 14.3 Å². The zero-order chi connectivity index (χ0) is 22.7. The van der Waals surface area contributed by atoms with E-state index in [0.717, 1.165) is 33.5 Å². The van der Waals surface area contributed by atoms with Gasteiger partial charge in [-0.2, -0.15) is 0 Å². The number of methoxy groups -OCH3 is 1. The van der Waals surface area contributed by atoms with Crippen molar-refractivity contribution in [2.45, 2.75) is 38.8 Å². The third-order valence-corrected chi connectivity index (χ3v) is 5.11. The van der Waals surface area contributed by atoms with E-state index >= 15 is 0 Å². The summed E-state index contributed by atoms with van der Waals surface area (Å²) in [5.74, 6) is 1.39. The lowest BCUT2D eigenvalue weighted by Gasteiger charge is -2.23. The fraction of sp³-hybridized carbons (Fsp3) is 0.280. The first-order chi connectivity index (χ1) is 15.3. The number of fused-ring (bicyclic) bond motifs is 1. The van der Waals surface area contributed by atoms with Crippen LogP contribution in [0.3, 0.4) is 0 Å². The highest BCUT2D eigenvalue weighted by Gasteiger charge is 2.24. The van der Waals surface area contributed by atoms with Gasteiger partial charge >= 0.3 is 6.09 Å². The number of aromatic nitrogens is 3. The lowest BCUT2D eigenvalue weighted by atomic mass is 10.0. The van der Waals surface area contributed by atoms with E-state index in [1.165, 1.54) is 0 Å². The number of nitrogens with zero attached hydrogens (tertiary/aromatic N) is 1. The third-order valence-electron chi connectivity index (χ3n) is 5.11. The molecule has 1 amide bonds. The summed E-state index contributed by atoms with van der Waals surface area (Å²) in [6, 6.07) is 15.4. The number of ether oxygens (including phenoxy) is 2. The maximum Gasteiger partial charge on any atom is 0.408 e. The molecule has 2 aromatic heterocycles. The molecule has 1 atom stereocenters. The Hall–Kier alpha value is -3.74. The normalized spacial score (nSPS) is 12.5. The molecule has 0 bridgehead atoms. The van der Waals surface area contributed by atoms with E-state index in [4.69, 9.17) is 9.47 Å². The first-order valence-corrected chi connectivity index (χ1v) is 10.6. The minimum absolute atomic E-state index is 0.410. The van der Waals surface area contributed by atoms with Gasteiger partial charge in [-0.15, -0.1) is 0 Å². The molecule has 0 fully saturated rings. The van der Waals surface area contributed by atoms with Gasteiger partial charge in [-0.1, -0.05) is 30.3 Å². The molecule has 7 heteroatoms. The average molecular weight is 433 g/mol. The Bertz CT molecular complexity index is 1220. The van der Waals surface area contributed by atoms with Gasteiger partial charge in [0.1, 0.15) is 17.2 Å². The van der Waals surface area contributed by atoms with Gasteiger partial charge in [-0.05, 0) is 44.5 Å². The molecular weight excluding hydrogens is 404 g/mol. The SMILES string of the molecule is COc1ccccc1-c1cnc(C(Cc2c[nH]c3ccccc23)NC(=O)OC(C)(C)C)[nH]1. The van der Waals surface area contributed by atoms with E-state index in [2.05, 4.69) is 26.3 Å². The van der Waals surface area contributed by atoms with Crippen LogP contribution in [-0.4, -0.2) is 33.8 Å². The van der Waals surface area contributed by atoms with Crippen LogP contribution in [0.4, 0.5) is 4.79 Å². The van der Waals surface area contributed by atoms with E-state index < -0.39 is 17.7 Å². The molecule has 0 aliphatic rings. The molecule has 0 saturated carbocycles. The predicted molar refractivity (Wildman–Crippen MR) is 125 cm³/mol. The van der Waals surface area contributed by atoms with Gasteiger partial charge in [0.15, 0.2) is 0 Å². The van der Waals surface area contributed by atoms with Gasteiger partial charge in [0.2, 0.25) is 0 Å². The number of nitrogens with one attached hydrogen (secondary N) is 3. The van der Waals surface area contributed by atoms with Crippen LogP contribution in [0.5, 0.6) is 5.75 Å². The van der Waals surface area contributed by atoms with Crippen LogP contribution in [0.15, 0.2) is 60.9 Å². The van der Waals surface area contributed by atoms with Crippen molar-refractivity contribution in [3.8, 4) is 17.0 Å². The highest BCUT2D eigenvalue weighted by molar-refractivity contribution is 5.83. The molecule has 1 unspecified atom stereocenters. The Morgan fingerprint density at radius 1 is 1.12 bits per heavy atom. The summed E-state index contributed by atoms with van der Waals surface area (Å²) in [5.41, 5.74) is 3.25. The fourth-order valence-corrected chi connectivity index (χ4v) is 3.70. The Kier molecular flexibility index (Phi) is 5.90. The van der Waals surface area contributed by atoms with Crippen LogP contribution in [0, 0.1) is 0 Å². The number of alkyl carbamates (subject to hydrolysis) is 1. The number of H-pyrrole nitrogens is 2. The molecular formula is C25H28N4O3. The summed E-state index contributed by atoms with van der Waals surface area (Å²) in [4.78, 5) is 23.8. The smallest absolute Gasteiger partial charge is 0.408 e. The summed E-state index contributed by atoms with van der Waals surface area (Å²) >= 11 is 0. The lowest BCUT2D eigenvalue weighted by molar-refractivity contribution is 0.0501. The topological polar surface area (TPSA) is 92.0 Å². The van der Waals surface area contributed by atoms with Crippen molar-refractivity contribution >= 4 is 17.0 Å². The molecule has 0 radical (unpaired) electrons. The summed E-state index contributed by atoms with van der Waals surface area (Å²) in [5, 5.41) is 4.10. The lowest BCUT2D eigenvalue weighted by Crippen LogP contribution is -2.36. The number of hydrogen-bond acceptors (Lipinski definition) is 4. The van der Waals surface area contributed by atoms with Crippen molar-refractivity contribution in [3.63, 3.8) is 0 Å². The number of amides is 1. The van der Waals surface area contributed by atoms with Crippen molar-refractivity contribution in [1.82, 2.24) is 20.3 Å². The Morgan fingerprint density at radius 3 is 2.66 bits per heavy atom. The monoisotopic (exact) mass is 432 g/mol. The van der Waals surface area contributed by atoms with E-state index in [1.807, 2.05) is 69.4 Å². The predicted octanol–water partition coefficient (Wildman–Crippen LogP) is 5.38. The summed E-state index contributed by atoms with van der Waals surface area (Å²) in [7, 11) is 1.64. The van der Waals surface area contributed by atoms with E-state index in [9.17, 15) is 4.79 Å². The molecule has 4 rings (SSSR count). The largest absolute Gasteiger partial charge is 0.496 e. The number of benzene rings is 2. The van der Waals surface area contributed by atoms with Gasteiger partial charge < -0.3 is 24.8 Å². The van der Waals surface area contributed by atoms with Gasteiger partial charge in [0.05, 0.1) is 25.0 Å². The number of aromatic amines is 2. The van der Waals surface area contributed by atoms with E-state index in [0.29, 0.717) is 12.2 Å². The second-order valence-corrected chi connectivity index (χ2v) is 8.64. The van der Waals surface area contributed by atoms with Gasteiger partial charge in [0.25, 0.3) is 0 Å². The number of rotatable bonds is 6. The first-order valence-electron chi connectivity index (χ1n) is 10.6. The van der Waals surface area contributed by atoms with Crippen molar-refractivity contribution in [2.75, 3.05) is 7.11 Å². The van der Waals surface area contributed by atoms with E-state index in [1.54, 1.807) is 13.3 Å². The number of hydrogen-bond donors (Lipinski definition) is 3. The van der Waals surface area contributed by atoms with E-state index in [-0.39, 0.29) is 0 Å². The molecule has 166 valence electrons. The van der Waals surface area contributed by atoms with Crippen LogP contribution >= 0.6 is 0 Å². The first kappa shape index (κ1) is 21.5. The number of para-hydroxylation sites is 2. The van der Waals surface area contributed by atoms with Gasteiger partial charge in [-0.25, -0.2) is 9.78 Å². The number of imidazole rings is 1. The molecule has 32 heavy (non-hydrogen) atoms.